The number of nitrogens with two attached hydrogens (primary N) is 1. The smallest absolute Gasteiger partial charge is 0.167 e. The molecule has 0 unspecified atom stereocenters. The molecule has 14 heavy (non-hydrogen) atoms. The van der Waals surface area contributed by atoms with Crippen LogP contribution < -0.4 is 5.73 Å². The number of thiazole rings is 1. The van der Waals surface area contributed by atoms with E-state index in [9.17, 15) is 0 Å². The highest BCUT2D eigenvalue weighted by atomic mass is 32.1. The molecule has 2 heterocycles. The third-order valence-electron chi connectivity index (χ3n) is 1.72. The molecule has 0 aliphatic carbocycles. The summed E-state index contributed by atoms with van der Waals surface area (Å²) in [5.74, 6) is 0.634. The molecule has 0 aromatic carbocycles. The summed E-state index contributed by atoms with van der Waals surface area (Å²) in [7, 11) is 0. The van der Waals surface area contributed by atoms with Gasteiger partial charge in [0.2, 0.25) is 0 Å². The lowest BCUT2D eigenvalue weighted by molar-refractivity contribution is 0.781. The number of nitrogens with zero attached hydrogens (tertiary/aromatic N) is 3. The fourth-order valence-electron chi connectivity index (χ4n) is 1.14. The Morgan fingerprint density at radius 3 is 3.00 bits per heavy atom. The molecule has 0 fully saturated rings. The first-order chi connectivity index (χ1) is 6.77. The zero-order valence-corrected chi connectivity index (χ0v) is 8.88. The van der Waals surface area contributed by atoms with Gasteiger partial charge in [-0.15, -0.1) is 11.3 Å². The lowest BCUT2D eigenvalue weighted by Crippen LogP contribution is -2.17. The van der Waals surface area contributed by atoms with Crippen molar-refractivity contribution < 1.29 is 0 Å². The lowest BCUT2D eigenvalue weighted by atomic mass is 10.5. The average molecular weight is 224 g/mol. The van der Waals surface area contributed by atoms with Crippen molar-refractivity contribution in [1.82, 2.24) is 14.5 Å². The summed E-state index contributed by atoms with van der Waals surface area (Å²) in [5, 5.41) is 2.95. The molecule has 2 N–H and O–H groups in total. The highest BCUT2D eigenvalue weighted by Crippen LogP contribution is 2.08. The second-order valence-corrected chi connectivity index (χ2v) is 4.09. The fourth-order valence-corrected chi connectivity index (χ4v) is 1.92. The van der Waals surface area contributed by atoms with E-state index in [0.29, 0.717) is 17.4 Å². The third kappa shape index (κ3) is 1.80. The van der Waals surface area contributed by atoms with E-state index < -0.39 is 0 Å². The van der Waals surface area contributed by atoms with Crippen LogP contribution >= 0.6 is 23.6 Å². The molecule has 0 saturated carbocycles. The predicted molar refractivity (Wildman–Crippen MR) is 59.3 cm³/mol. The number of aromatic nitrogens is 3. The first-order valence-electron chi connectivity index (χ1n) is 3.96. The van der Waals surface area contributed by atoms with E-state index >= 15 is 0 Å². The van der Waals surface area contributed by atoms with Crippen LogP contribution in [-0.4, -0.2) is 19.5 Å². The second kappa shape index (κ2) is 3.85. The zero-order valence-electron chi connectivity index (χ0n) is 7.25. The van der Waals surface area contributed by atoms with Crippen LogP contribution in [-0.2, 0) is 6.54 Å². The summed E-state index contributed by atoms with van der Waals surface area (Å²) in [6.07, 6.45) is 5.30. The topological polar surface area (TPSA) is 56.7 Å². The Morgan fingerprint density at radius 2 is 2.36 bits per heavy atom. The van der Waals surface area contributed by atoms with Crippen LogP contribution in [0.3, 0.4) is 0 Å². The van der Waals surface area contributed by atoms with E-state index in [4.69, 9.17) is 18.0 Å². The van der Waals surface area contributed by atoms with Crippen molar-refractivity contribution in [3.05, 3.63) is 34.8 Å². The summed E-state index contributed by atoms with van der Waals surface area (Å²) in [6, 6.07) is 0. The SMILES string of the molecule is NC(=S)c1nccn1Cc1nccs1. The molecule has 2 aromatic heterocycles. The van der Waals surface area contributed by atoms with Gasteiger partial charge in [-0.2, -0.15) is 0 Å². The van der Waals surface area contributed by atoms with Crippen LogP contribution in [0, 0.1) is 0 Å². The molecule has 0 aliphatic rings. The third-order valence-corrected chi connectivity index (χ3v) is 2.67. The van der Waals surface area contributed by atoms with Gasteiger partial charge in [-0.05, 0) is 0 Å². The van der Waals surface area contributed by atoms with Gasteiger partial charge in [-0.3, -0.25) is 0 Å². The van der Waals surface area contributed by atoms with Gasteiger partial charge < -0.3 is 10.3 Å². The Morgan fingerprint density at radius 1 is 1.50 bits per heavy atom. The minimum atomic E-state index is 0.312. The van der Waals surface area contributed by atoms with Crippen molar-refractivity contribution in [2.45, 2.75) is 6.54 Å². The van der Waals surface area contributed by atoms with Gasteiger partial charge in [0, 0.05) is 24.0 Å². The molecular weight excluding hydrogens is 216 g/mol. The van der Waals surface area contributed by atoms with Crippen LogP contribution in [0.2, 0.25) is 0 Å². The molecule has 0 radical (unpaired) electrons. The molecule has 72 valence electrons. The minimum absolute atomic E-state index is 0.312. The van der Waals surface area contributed by atoms with Crippen LogP contribution in [0.1, 0.15) is 10.8 Å². The maximum absolute atomic E-state index is 5.52. The van der Waals surface area contributed by atoms with Gasteiger partial charge in [0.25, 0.3) is 0 Å². The van der Waals surface area contributed by atoms with E-state index in [1.807, 2.05) is 16.1 Å². The summed E-state index contributed by atoms with van der Waals surface area (Å²) < 4.78 is 1.89. The van der Waals surface area contributed by atoms with Gasteiger partial charge in [-0.1, -0.05) is 12.2 Å². The highest BCUT2D eigenvalue weighted by Gasteiger charge is 2.06. The molecule has 6 heteroatoms. The first kappa shape index (κ1) is 9.29. The summed E-state index contributed by atoms with van der Waals surface area (Å²) in [6.45, 7) is 0.671. The minimum Gasteiger partial charge on any atom is -0.387 e. The number of hydrogen-bond acceptors (Lipinski definition) is 4. The molecule has 0 aliphatic heterocycles. The summed E-state index contributed by atoms with van der Waals surface area (Å²) in [5.41, 5.74) is 5.52. The Bertz CT molecular complexity index is 432. The lowest BCUT2D eigenvalue weighted by Gasteiger charge is -2.03. The van der Waals surface area contributed by atoms with Crippen molar-refractivity contribution in [3.63, 3.8) is 0 Å². The van der Waals surface area contributed by atoms with E-state index in [2.05, 4.69) is 9.97 Å². The molecule has 2 aromatic rings. The molecule has 0 atom stereocenters. The zero-order chi connectivity index (χ0) is 9.97. The van der Waals surface area contributed by atoms with Crippen molar-refractivity contribution in [1.29, 1.82) is 0 Å². The standard InChI is InChI=1S/C8H8N4S2/c9-7(13)8-11-1-3-12(8)5-6-10-2-4-14-6/h1-4H,5H2,(H2,9,13). The normalized spacial score (nSPS) is 10.3. The largest absolute Gasteiger partial charge is 0.387 e. The van der Waals surface area contributed by atoms with Gasteiger partial charge in [0.15, 0.2) is 5.82 Å². The molecule has 2 rings (SSSR count). The highest BCUT2D eigenvalue weighted by molar-refractivity contribution is 7.80. The van der Waals surface area contributed by atoms with Gasteiger partial charge in [-0.25, -0.2) is 9.97 Å². The van der Waals surface area contributed by atoms with Crippen molar-refractivity contribution in [2.75, 3.05) is 0 Å². The summed E-state index contributed by atoms with van der Waals surface area (Å²) in [4.78, 5) is 8.56. The quantitative estimate of drug-likeness (QED) is 0.791. The molecular formula is C8H8N4S2. The van der Waals surface area contributed by atoms with E-state index in [-0.39, 0.29) is 0 Å². The van der Waals surface area contributed by atoms with Gasteiger partial charge in [0.05, 0.1) is 6.54 Å². The second-order valence-electron chi connectivity index (χ2n) is 2.67. The Hall–Kier alpha value is -1.27. The molecule has 0 saturated heterocycles. The Labute approximate surface area is 90.4 Å². The van der Waals surface area contributed by atoms with Crippen LogP contribution in [0.5, 0.6) is 0 Å². The van der Waals surface area contributed by atoms with E-state index in [1.54, 1.807) is 23.7 Å². The van der Waals surface area contributed by atoms with Crippen molar-refractivity contribution in [3.8, 4) is 0 Å². The number of rotatable bonds is 3. The van der Waals surface area contributed by atoms with Crippen LogP contribution in [0.15, 0.2) is 24.0 Å². The fraction of sp³-hybridized carbons (Fsp3) is 0.125. The van der Waals surface area contributed by atoms with Gasteiger partial charge in [0.1, 0.15) is 10.00 Å². The number of thiocarbonyl (C=S) groups is 1. The molecule has 4 nitrogen and oxygen atoms in total. The monoisotopic (exact) mass is 224 g/mol. The molecule has 0 spiro atoms. The Kier molecular flexibility index (Phi) is 2.55. The van der Waals surface area contributed by atoms with Crippen molar-refractivity contribution in [2.24, 2.45) is 5.73 Å². The Balaban J connectivity index is 2.25. The van der Waals surface area contributed by atoms with Gasteiger partial charge >= 0.3 is 0 Å². The molecule has 0 bridgehead atoms. The van der Waals surface area contributed by atoms with Crippen molar-refractivity contribution >= 4 is 28.5 Å². The van der Waals surface area contributed by atoms with Crippen LogP contribution in [0.25, 0.3) is 0 Å². The maximum Gasteiger partial charge on any atom is 0.167 e. The predicted octanol–water partition coefficient (Wildman–Crippen LogP) is 1.02. The van der Waals surface area contributed by atoms with E-state index in [1.165, 1.54) is 0 Å². The van der Waals surface area contributed by atoms with Crippen LogP contribution in [0.4, 0.5) is 0 Å². The van der Waals surface area contributed by atoms with E-state index in [0.717, 1.165) is 5.01 Å². The number of hydrogen-bond donors (Lipinski definition) is 1. The summed E-state index contributed by atoms with van der Waals surface area (Å²) >= 11 is 6.47. The average Bonchev–Trinajstić information content (AvgIpc) is 2.75. The maximum atomic E-state index is 5.52. The number of imidazole rings is 1. The first-order valence-corrected chi connectivity index (χ1v) is 5.25. The molecule has 0 amide bonds.